The highest BCUT2D eigenvalue weighted by Crippen LogP contribution is 2.29. The molecule has 0 aliphatic carbocycles. The Bertz CT molecular complexity index is 880. The van der Waals surface area contributed by atoms with E-state index in [4.69, 9.17) is 9.47 Å². The summed E-state index contributed by atoms with van der Waals surface area (Å²) in [6.45, 7) is 12.0. The minimum atomic E-state index is -1.25. The van der Waals surface area contributed by atoms with Crippen LogP contribution in [0.25, 0.3) is 0 Å². The molecular weight excluding hydrogens is 442 g/mol. The number of ether oxygens (including phenoxy) is 2. The second-order valence-electron chi connectivity index (χ2n) is 8.45. The highest BCUT2D eigenvalue weighted by atomic mass is 16.6. The van der Waals surface area contributed by atoms with Gasteiger partial charge in [0.2, 0.25) is 11.8 Å². The van der Waals surface area contributed by atoms with Crippen molar-refractivity contribution in [2.24, 2.45) is 0 Å². The fourth-order valence-corrected chi connectivity index (χ4v) is 3.04. The molecule has 1 rings (SSSR count). The number of benzene rings is 1. The molecule has 0 radical (unpaired) electrons. The van der Waals surface area contributed by atoms with Gasteiger partial charge >= 0.3 is 12.1 Å². The van der Waals surface area contributed by atoms with E-state index in [9.17, 15) is 24.3 Å². The number of alkyl carbamates (subject to hydrolysis) is 1. The molecule has 0 saturated carbocycles. The molecule has 0 aliphatic heterocycles. The van der Waals surface area contributed by atoms with Crippen molar-refractivity contribution in [1.29, 1.82) is 0 Å². The van der Waals surface area contributed by atoms with Gasteiger partial charge in [-0.2, -0.15) is 0 Å². The van der Waals surface area contributed by atoms with Crippen LogP contribution < -0.4 is 10.6 Å². The molecule has 2 unspecified atom stereocenters. The smallest absolute Gasteiger partial charge is 0.408 e. The average molecular weight is 478 g/mol. The number of nitrogens with zero attached hydrogens (tertiary/aromatic N) is 1. The molecule has 3 N–H and O–H groups in total. The molecule has 0 bridgehead atoms. The Labute approximate surface area is 200 Å². The van der Waals surface area contributed by atoms with Gasteiger partial charge in [-0.3, -0.25) is 14.4 Å². The van der Waals surface area contributed by atoms with E-state index in [1.54, 1.807) is 39.8 Å². The van der Waals surface area contributed by atoms with Gasteiger partial charge < -0.3 is 30.1 Å². The van der Waals surface area contributed by atoms with Gasteiger partial charge in [0.05, 0.1) is 13.0 Å². The summed E-state index contributed by atoms with van der Waals surface area (Å²) >= 11 is 0. The monoisotopic (exact) mass is 477 g/mol. The van der Waals surface area contributed by atoms with Gasteiger partial charge in [-0.05, 0) is 40.7 Å². The van der Waals surface area contributed by atoms with Gasteiger partial charge in [0.1, 0.15) is 23.4 Å². The van der Waals surface area contributed by atoms with Gasteiger partial charge in [0.25, 0.3) is 0 Å². The third kappa shape index (κ3) is 9.13. The lowest BCUT2D eigenvalue weighted by molar-refractivity contribution is -0.144. The number of nitrogens with one attached hydrogen (secondary N) is 2. The molecule has 10 nitrogen and oxygen atoms in total. The maximum atomic E-state index is 13.3. The van der Waals surface area contributed by atoms with Crippen LogP contribution in [0.2, 0.25) is 0 Å². The number of hydrogen-bond donors (Lipinski definition) is 3. The van der Waals surface area contributed by atoms with Crippen LogP contribution in [0.1, 0.15) is 52.6 Å². The van der Waals surface area contributed by atoms with E-state index in [0.29, 0.717) is 0 Å². The number of rotatable bonds is 11. The average Bonchev–Trinajstić information content (AvgIpc) is 2.72. The van der Waals surface area contributed by atoms with Crippen molar-refractivity contribution < 1.29 is 33.8 Å². The quantitative estimate of drug-likeness (QED) is 0.329. The summed E-state index contributed by atoms with van der Waals surface area (Å²) in [4.78, 5) is 51.4. The molecule has 0 saturated heterocycles. The molecule has 1 aromatic rings. The number of carbonyl (C=O) groups excluding carboxylic acids is 4. The van der Waals surface area contributed by atoms with Gasteiger partial charge in [-0.25, -0.2) is 4.79 Å². The van der Waals surface area contributed by atoms with Gasteiger partial charge in [0, 0.05) is 18.7 Å². The lowest BCUT2D eigenvalue weighted by Gasteiger charge is -2.33. The molecule has 0 aromatic heterocycles. The molecule has 0 heterocycles. The Morgan fingerprint density at radius 3 is 2.41 bits per heavy atom. The maximum absolute atomic E-state index is 13.3. The Hall–Kier alpha value is -3.56. The van der Waals surface area contributed by atoms with Gasteiger partial charge in [-0.1, -0.05) is 24.3 Å². The van der Waals surface area contributed by atoms with E-state index < -0.39 is 41.6 Å². The number of esters is 1. The lowest BCUT2D eigenvalue weighted by atomic mass is 10.0. The van der Waals surface area contributed by atoms with E-state index in [-0.39, 0.29) is 37.4 Å². The molecule has 0 spiro atoms. The van der Waals surface area contributed by atoms with Crippen LogP contribution in [0.3, 0.4) is 0 Å². The molecule has 2 atom stereocenters. The first kappa shape index (κ1) is 28.5. The molecular formula is C24H35N3O7. The first-order valence-electron chi connectivity index (χ1n) is 11.0. The SMILES string of the molecule is C=CCN(C(=O)C(C)NC(=O)OC(C)(C)C)C(C(=O)NCCC(=O)OCC)c1ccccc1O. The zero-order valence-corrected chi connectivity index (χ0v) is 20.4. The van der Waals surface area contributed by atoms with E-state index in [1.807, 2.05) is 0 Å². The number of carbonyl (C=O) groups is 4. The number of para-hydroxylation sites is 1. The van der Waals surface area contributed by atoms with Crippen molar-refractivity contribution >= 4 is 23.9 Å². The Kier molecular flexibility index (Phi) is 11.1. The fraction of sp³-hybridized carbons (Fsp3) is 0.500. The van der Waals surface area contributed by atoms with Crippen LogP contribution in [-0.4, -0.2) is 65.2 Å². The molecule has 0 fully saturated rings. The van der Waals surface area contributed by atoms with Gasteiger partial charge in [-0.15, -0.1) is 6.58 Å². The molecule has 1 aromatic carbocycles. The summed E-state index contributed by atoms with van der Waals surface area (Å²) in [5, 5.41) is 15.5. The van der Waals surface area contributed by atoms with Gasteiger partial charge in [0.15, 0.2) is 0 Å². The summed E-state index contributed by atoms with van der Waals surface area (Å²) in [6, 6.07) is 3.81. The first-order chi connectivity index (χ1) is 15.9. The second kappa shape index (κ2) is 13.2. The Morgan fingerprint density at radius 1 is 1.21 bits per heavy atom. The third-order valence-electron chi connectivity index (χ3n) is 4.44. The highest BCUT2D eigenvalue weighted by molar-refractivity contribution is 5.92. The second-order valence-corrected chi connectivity index (χ2v) is 8.45. The van der Waals surface area contributed by atoms with Crippen molar-refractivity contribution in [3.63, 3.8) is 0 Å². The normalized spacial score (nSPS) is 12.6. The minimum Gasteiger partial charge on any atom is -0.508 e. The van der Waals surface area contributed by atoms with Crippen LogP contribution in [0.5, 0.6) is 5.75 Å². The third-order valence-corrected chi connectivity index (χ3v) is 4.44. The number of hydrogen-bond acceptors (Lipinski definition) is 7. The van der Waals surface area contributed by atoms with Crippen molar-refractivity contribution in [2.75, 3.05) is 19.7 Å². The van der Waals surface area contributed by atoms with Crippen molar-refractivity contribution in [3.05, 3.63) is 42.5 Å². The van der Waals surface area contributed by atoms with Crippen molar-refractivity contribution in [3.8, 4) is 5.75 Å². The summed E-state index contributed by atoms with van der Waals surface area (Å²) in [5.74, 6) is -1.89. The largest absolute Gasteiger partial charge is 0.508 e. The molecule has 188 valence electrons. The van der Waals surface area contributed by atoms with E-state index in [2.05, 4.69) is 17.2 Å². The number of phenolic OH excluding ortho intramolecular Hbond substituents is 1. The first-order valence-corrected chi connectivity index (χ1v) is 11.0. The predicted octanol–water partition coefficient (Wildman–Crippen LogP) is 2.43. The van der Waals surface area contributed by atoms with Crippen LogP contribution in [0, 0.1) is 0 Å². The van der Waals surface area contributed by atoms with E-state index >= 15 is 0 Å². The van der Waals surface area contributed by atoms with E-state index in [1.165, 1.54) is 30.0 Å². The lowest BCUT2D eigenvalue weighted by Crippen LogP contribution is -2.52. The summed E-state index contributed by atoms with van der Waals surface area (Å²) in [5.41, 5.74) is -0.582. The number of phenols is 1. The van der Waals surface area contributed by atoms with Crippen LogP contribution in [0.4, 0.5) is 4.79 Å². The Morgan fingerprint density at radius 2 is 1.85 bits per heavy atom. The van der Waals surface area contributed by atoms with Crippen molar-refractivity contribution in [2.45, 2.75) is 58.7 Å². The number of aromatic hydroxyl groups is 1. The highest BCUT2D eigenvalue weighted by Gasteiger charge is 2.35. The minimum absolute atomic E-state index is 0.0242. The zero-order valence-electron chi connectivity index (χ0n) is 20.4. The van der Waals surface area contributed by atoms with Crippen LogP contribution >= 0.6 is 0 Å². The number of amides is 3. The standard InChI is InChI=1S/C24H35N3O7/c1-7-15-27(22(31)16(3)26-23(32)34-24(4,5)6)20(17-11-9-10-12-18(17)28)21(30)25-14-13-19(29)33-8-2/h7,9-12,16,20,28H,1,8,13-15H2,2-6H3,(H,25,30)(H,26,32). The maximum Gasteiger partial charge on any atom is 0.408 e. The van der Waals surface area contributed by atoms with Crippen LogP contribution in [-0.2, 0) is 23.9 Å². The Balaban J connectivity index is 3.18. The molecule has 0 aliphatic rings. The summed E-state index contributed by atoms with van der Waals surface area (Å²) in [7, 11) is 0. The van der Waals surface area contributed by atoms with Crippen molar-refractivity contribution in [1.82, 2.24) is 15.5 Å². The molecule has 3 amide bonds. The zero-order chi connectivity index (χ0) is 25.9. The molecule has 10 heteroatoms. The summed E-state index contributed by atoms with van der Waals surface area (Å²) in [6.07, 6.45) is 0.584. The molecule has 34 heavy (non-hydrogen) atoms. The van der Waals surface area contributed by atoms with E-state index in [0.717, 1.165) is 0 Å². The topological polar surface area (TPSA) is 134 Å². The summed E-state index contributed by atoms with van der Waals surface area (Å²) < 4.78 is 10.1. The predicted molar refractivity (Wildman–Crippen MR) is 126 cm³/mol. The van der Waals surface area contributed by atoms with Crippen LogP contribution in [0.15, 0.2) is 36.9 Å². The fourth-order valence-electron chi connectivity index (χ4n) is 3.04.